The van der Waals surface area contributed by atoms with E-state index in [-0.39, 0.29) is 0 Å². The monoisotopic (exact) mass is 296 g/mol. The lowest BCUT2D eigenvalue weighted by molar-refractivity contribution is 0.354. The number of ether oxygens (including phenoxy) is 2. The Morgan fingerprint density at radius 3 is 2.50 bits per heavy atom. The van der Waals surface area contributed by atoms with Gasteiger partial charge in [0.2, 0.25) is 0 Å². The number of fused-ring (bicyclic) bond motifs is 1. The van der Waals surface area contributed by atoms with Gasteiger partial charge in [0, 0.05) is 13.0 Å². The summed E-state index contributed by atoms with van der Waals surface area (Å²) in [5.41, 5.74) is 3.38. The van der Waals surface area contributed by atoms with Gasteiger partial charge in [-0.2, -0.15) is 0 Å². The summed E-state index contributed by atoms with van der Waals surface area (Å²) in [6.07, 6.45) is 0.767. The van der Waals surface area contributed by atoms with Gasteiger partial charge in [-0.25, -0.2) is 4.98 Å². The number of imidazole rings is 1. The minimum Gasteiger partial charge on any atom is -0.493 e. The second-order valence-corrected chi connectivity index (χ2v) is 5.13. The topological polar surface area (TPSA) is 36.3 Å². The molecular weight excluding hydrogens is 276 g/mol. The summed E-state index contributed by atoms with van der Waals surface area (Å²) >= 11 is 0. The maximum atomic E-state index is 5.38. The van der Waals surface area contributed by atoms with Gasteiger partial charge in [0.15, 0.2) is 11.5 Å². The first-order chi connectivity index (χ1) is 10.8. The average molecular weight is 296 g/mol. The van der Waals surface area contributed by atoms with Crippen LogP contribution < -0.4 is 9.47 Å². The van der Waals surface area contributed by atoms with E-state index in [9.17, 15) is 0 Å². The lowest BCUT2D eigenvalue weighted by atomic mass is 10.1. The highest BCUT2D eigenvalue weighted by Gasteiger charge is 2.11. The molecule has 0 aliphatic heterocycles. The van der Waals surface area contributed by atoms with Crippen molar-refractivity contribution in [2.75, 3.05) is 14.2 Å². The van der Waals surface area contributed by atoms with E-state index in [0.29, 0.717) is 0 Å². The first-order valence-electron chi connectivity index (χ1n) is 7.41. The molecule has 0 bridgehead atoms. The molecule has 3 rings (SSSR count). The number of nitrogens with zero attached hydrogens (tertiary/aromatic N) is 2. The fourth-order valence-electron chi connectivity index (χ4n) is 2.79. The number of hydrogen-bond donors (Lipinski definition) is 0. The van der Waals surface area contributed by atoms with Gasteiger partial charge in [-0.15, -0.1) is 0 Å². The predicted octanol–water partition coefficient (Wildman–Crippen LogP) is 3.66. The molecule has 0 fully saturated rings. The smallest absolute Gasteiger partial charge is 0.161 e. The lowest BCUT2D eigenvalue weighted by Crippen LogP contribution is -2.03. The van der Waals surface area contributed by atoms with Crippen molar-refractivity contribution in [3.8, 4) is 11.5 Å². The summed E-state index contributed by atoms with van der Waals surface area (Å²) in [7, 11) is 3.30. The van der Waals surface area contributed by atoms with Gasteiger partial charge < -0.3 is 14.0 Å². The Labute approximate surface area is 130 Å². The van der Waals surface area contributed by atoms with Gasteiger partial charge in [-0.05, 0) is 36.8 Å². The van der Waals surface area contributed by atoms with Crippen molar-refractivity contribution >= 4 is 11.0 Å². The Morgan fingerprint density at radius 2 is 1.77 bits per heavy atom. The SMILES string of the molecule is CCn1c(Cc2ccc(OC)c(OC)c2)nc2ccccc21. The van der Waals surface area contributed by atoms with E-state index >= 15 is 0 Å². The number of methoxy groups -OCH3 is 2. The average Bonchev–Trinajstić information content (AvgIpc) is 2.91. The quantitative estimate of drug-likeness (QED) is 0.721. The first kappa shape index (κ1) is 14.4. The molecule has 114 valence electrons. The Kier molecular flexibility index (Phi) is 4.00. The maximum absolute atomic E-state index is 5.38. The summed E-state index contributed by atoms with van der Waals surface area (Å²) in [4.78, 5) is 4.77. The number of aromatic nitrogens is 2. The zero-order valence-electron chi connectivity index (χ0n) is 13.2. The highest BCUT2D eigenvalue weighted by molar-refractivity contribution is 5.76. The third kappa shape index (κ3) is 2.52. The predicted molar refractivity (Wildman–Crippen MR) is 87.8 cm³/mol. The molecule has 4 heteroatoms. The molecule has 0 radical (unpaired) electrons. The molecule has 0 saturated heterocycles. The second kappa shape index (κ2) is 6.10. The summed E-state index contributed by atoms with van der Waals surface area (Å²) < 4.78 is 12.9. The van der Waals surface area contributed by atoms with Crippen molar-refractivity contribution in [1.29, 1.82) is 0 Å². The third-order valence-corrected chi connectivity index (χ3v) is 3.86. The van der Waals surface area contributed by atoms with Crippen molar-refractivity contribution in [1.82, 2.24) is 9.55 Å². The van der Waals surface area contributed by atoms with Crippen LogP contribution in [0.4, 0.5) is 0 Å². The van der Waals surface area contributed by atoms with Gasteiger partial charge in [-0.3, -0.25) is 0 Å². The Bertz CT molecular complexity index is 793. The molecule has 22 heavy (non-hydrogen) atoms. The minimum atomic E-state index is 0.746. The van der Waals surface area contributed by atoms with Gasteiger partial charge in [0.25, 0.3) is 0 Å². The highest BCUT2D eigenvalue weighted by Crippen LogP contribution is 2.29. The first-order valence-corrected chi connectivity index (χ1v) is 7.41. The van der Waals surface area contributed by atoms with E-state index in [1.807, 2.05) is 18.2 Å². The van der Waals surface area contributed by atoms with Crippen LogP contribution in [-0.4, -0.2) is 23.8 Å². The Hall–Kier alpha value is -2.49. The van der Waals surface area contributed by atoms with Crippen molar-refractivity contribution in [3.63, 3.8) is 0 Å². The number of aryl methyl sites for hydroxylation is 1. The van der Waals surface area contributed by atoms with Crippen LogP contribution in [0.2, 0.25) is 0 Å². The second-order valence-electron chi connectivity index (χ2n) is 5.13. The number of rotatable bonds is 5. The summed E-state index contributed by atoms with van der Waals surface area (Å²) in [5, 5.41) is 0. The maximum Gasteiger partial charge on any atom is 0.161 e. The molecule has 0 spiro atoms. The molecule has 0 aliphatic carbocycles. The van der Waals surface area contributed by atoms with Gasteiger partial charge in [-0.1, -0.05) is 18.2 Å². The van der Waals surface area contributed by atoms with Crippen LogP contribution in [0.25, 0.3) is 11.0 Å². The fourth-order valence-corrected chi connectivity index (χ4v) is 2.79. The fraction of sp³-hybridized carbons (Fsp3) is 0.278. The molecule has 2 aromatic carbocycles. The van der Waals surface area contributed by atoms with E-state index in [4.69, 9.17) is 14.5 Å². The normalized spacial score (nSPS) is 10.9. The van der Waals surface area contributed by atoms with Gasteiger partial charge >= 0.3 is 0 Å². The zero-order chi connectivity index (χ0) is 15.5. The molecule has 4 nitrogen and oxygen atoms in total. The van der Waals surface area contributed by atoms with Crippen molar-refractivity contribution in [2.45, 2.75) is 19.9 Å². The van der Waals surface area contributed by atoms with Crippen molar-refractivity contribution < 1.29 is 9.47 Å². The van der Waals surface area contributed by atoms with Crippen LogP contribution in [0.15, 0.2) is 42.5 Å². The highest BCUT2D eigenvalue weighted by atomic mass is 16.5. The zero-order valence-corrected chi connectivity index (χ0v) is 13.2. The van der Waals surface area contributed by atoms with Crippen LogP contribution in [0, 0.1) is 0 Å². The number of hydrogen-bond acceptors (Lipinski definition) is 3. The molecule has 0 atom stereocenters. The van der Waals surface area contributed by atoms with Crippen LogP contribution in [0.3, 0.4) is 0 Å². The lowest BCUT2D eigenvalue weighted by Gasteiger charge is -2.10. The van der Waals surface area contributed by atoms with Crippen LogP contribution in [0.1, 0.15) is 18.3 Å². The van der Waals surface area contributed by atoms with E-state index in [1.165, 1.54) is 5.52 Å². The van der Waals surface area contributed by atoms with E-state index in [0.717, 1.165) is 41.4 Å². The van der Waals surface area contributed by atoms with E-state index in [1.54, 1.807) is 14.2 Å². The number of benzene rings is 2. The third-order valence-electron chi connectivity index (χ3n) is 3.86. The van der Waals surface area contributed by atoms with Crippen molar-refractivity contribution in [2.24, 2.45) is 0 Å². The van der Waals surface area contributed by atoms with Crippen molar-refractivity contribution in [3.05, 3.63) is 53.9 Å². The molecule has 1 aromatic heterocycles. The van der Waals surface area contributed by atoms with E-state index in [2.05, 4.69) is 35.8 Å². The Morgan fingerprint density at radius 1 is 1.00 bits per heavy atom. The van der Waals surface area contributed by atoms with Crippen LogP contribution in [0.5, 0.6) is 11.5 Å². The van der Waals surface area contributed by atoms with E-state index < -0.39 is 0 Å². The number of para-hydroxylation sites is 2. The molecule has 0 unspecified atom stereocenters. The molecule has 0 saturated carbocycles. The van der Waals surface area contributed by atoms with Gasteiger partial charge in [0.1, 0.15) is 5.82 Å². The summed E-state index contributed by atoms with van der Waals surface area (Å²) in [6.45, 7) is 3.05. The standard InChI is InChI=1S/C18H20N2O2/c1-4-20-15-8-6-5-7-14(15)19-18(20)12-13-9-10-16(21-2)17(11-13)22-3/h5-11H,4,12H2,1-3H3. The molecule has 1 heterocycles. The van der Waals surface area contributed by atoms with Crippen LogP contribution >= 0.6 is 0 Å². The summed E-state index contributed by atoms with van der Waals surface area (Å²) in [5.74, 6) is 2.56. The minimum absolute atomic E-state index is 0.746. The largest absolute Gasteiger partial charge is 0.493 e. The molecule has 3 aromatic rings. The Balaban J connectivity index is 1.99. The molecule has 0 aliphatic rings. The van der Waals surface area contributed by atoms with Crippen LogP contribution in [-0.2, 0) is 13.0 Å². The summed E-state index contributed by atoms with van der Waals surface area (Å²) in [6, 6.07) is 14.3. The molecule has 0 N–H and O–H groups in total. The molecular formula is C18H20N2O2. The van der Waals surface area contributed by atoms with Gasteiger partial charge in [0.05, 0.1) is 25.3 Å². The molecule has 0 amide bonds.